The highest BCUT2D eigenvalue weighted by Crippen LogP contribution is 2.17. The largest absolute Gasteiger partial charge is 0.320 e. The third kappa shape index (κ3) is 3.30. The fourth-order valence-corrected chi connectivity index (χ4v) is 2.66. The zero-order valence-electron chi connectivity index (χ0n) is 11.1. The molecule has 0 aromatic heterocycles. The van der Waals surface area contributed by atoms with Crippen LogP contribution in [0.3, 0.4) is 0 Å². The number of benzene rings is 1. The lowest BCUT2D eigenvalue weighted by Crippen LogP contribution is -2.36. The zero-order chi connectivity index (χ0) is 12.1. The van der Waals surface area contributed by atoms with Gasteiger partial charge in [0.25, 0.3) is 0 Å². The van der Waals surface area contributed by atoms with E-state index < -0.39 is 0 Å². The second-order valence-electron chi connectivity index (χ2n) is 5.05. The Hall–Kier alpha value is -0.860. The summed E-state index contributed by atoms with van der Waals surface area (Å²) in [4.78, 5) is 2.64. The molecule has 1 unspecified atom stereocenters. The van der Waals surface area contributed by atoms with E-state index in [0.29, 0.717) is 6.04 Å². The Morgan fingerprint density at radius 2 is 1.76 bits per heavy atom. The van der Waals surface area contributed by atoms with Crippen molar-refractivity contribution in [3.63, 3.8) is 0 Å². The van der Waals surface area contributed by atoms with Crippen LogP contribution in [0, 0.1) is 0 Å². The van der Waals surface area contributed by atoms with Crippen molar-refractivity contribution >= 4 is 0 Å². The summed E-state index contributed by atoms with van der Waals surface area (Å²) in [6.45, 7) is 5.89. The first kappa shape index (κ1) is 12.6. The van der Waals surface area contributed by atoms with Crippen LogP contribution in [-0.2, 0) is 12.8 Å². The molecule has 0 bridgehead atoms. The first-order valence-corrected chi connectivity index (χ1v) is 6.76. The van der Waals surface area contributed by atoms with Crippen molar-refractivity contribution in [3.05, 3.63) is 35.4 Å². The van der Waals surface area contributed by atoms with Gasteiger partial charge in [-0.05, 0) is 50.9 Å². The minimum absolute atomic E-state index is 0.691. The summed E-state index contributed by atoms with van der Waals surface area (Å²) in [5.74, 6) is 0. The van der Waals surface area contributed by atoms with Gasteiger partial charge in [0, 0.05) is 19.1 Å². The van der Waals surface area contributed by atoms with E-state index in [0.717, 1.165) is 6.54 Å². The molecule has 2 rings (SSSR count). The van der Waals surface area contributed by atoms with Crippen LogP contribution in [0.5, 0.6) is 0 Å². The van der Waals surface area contributed by atoms with Gasteiger partial charge in [-0.1, -0.05) is 24.3 Å². The van der Waals surface area contributed by atoms with Gasteiger partial charge >= 0.3 is 0 Å². The number of nitrogens with one attached hydrogen (secondary N) is 1. The Morgan fingerprint density at radius 3 is 2.29 bits per heavy atom. The molecule has 1 heterocycles. The van der Waals surface area contributed by atoms with Crippen LogP contribution in [0.15, 0.2) is 24.3 Å². The predicted octanol–water partition coefficient (Wildman–Crippen LogP) is 2.09. The van der Waals surface area contributed by atoms with Crippen LogP contribution in [0.25, 0.3) is 0 Å². The van der Waals surface area contributed by atoms with Gasteiger partial charge in [0.2, 0.25) is 0 Å². The van der Waals surface area contributed by atoms with Gasteiger partial charge in [-0.2, -0.15) is 0 Å². The molecule has 1 N–H and O–H groups in total. The van der Waals surface area contributed by atoms with Gasteiger partial charge in [0.05, 0.1) is 0 Å². The Bertz CT molecular complexity index is 322. The summed E-state index contributed by atoms with van der Waals surface area (Å²) in [5, 5.41) is 3.24. The molecule has 1 aliphatic rings. The van der Waals surface area contributed by atoms with Crippen molar-refractivity contribution < 1.29 is 0 Å². The number of nitrogens with zero attached hydrogens (tertiary/aromatic N) is 1. The fourth-order valence-electron chi connectivity index (χ4n) is 2.66. The molecule has 0 aliphatic carbocycles. The summed E-state index contributed by atoms with van der Waals surface area (Å²) in [6.07, 6.45) is 3.66. The van der Waals surface area contributed by atoms with Crippen molar-refractivity contribution in [2.45, 2.75) is 32.2 Å². The first-order chi connectivity index (χ1) is 8.31. The molecule has 1 aliphatic heterocycles. The highest BCUT2D eigenvalue weighted by Gasteiger charge is 2.17. The summed E-state index contributed by atoms with van der Waals surface area (Å²) in [7, 11) is 2.03. The Labute approximate surface area is 105 Å². The SMILES string of the molecule is CNCCC(C)N1CCc2ccccc2CC1. The summed E-state index contributed by atoms with van der Waals surface area (Å²) >= 11 is 0. The van der Waals surface area contributed by atoms with Crippen LogP contribution < -0.4 is 5.32 Å². The zero-order valence-corrected chi connectivity index (χ0v) is 11.1. The van der Waals surface area contributed by atoms with Crippen molar-refractivity contribution in [2.75, 3.05) is 26.7 Å². The van der Waals surface area contributed by atoms with Crippen LogP contribution in [0.2, 0.25) is 0 Å². The number of hydrogen-bond acceptors (Lipinski definition) is 2. The minimum atomic E-state index is 0.691. The number of fused-ring (bicyclic) bond motifs is 1. The minimum Gasteiger partial charge on any atom is -0.320 e. The van der Waals surface area contributed by atoms with Crippen LogP contribution in [0.1, 0.15) is 24.5 Å². The lowest BCUT2D eigenvalue weighted by molar-refractivity contribution is 0.209. The second kappa shape index (κ2) is 6.18. The molecule has 2 nitrogen and oxygen atoms in total. The standard InChI is InChI=1S/C15H24N2/c1-13(7-10-16-2)17-11-8-14-5-3-4-6-15(14)9-12-17/h3-6,13,16H,7-12H2,1-2H3. The average molecular weight is 232 g/mol. The van der Waals surface area contributed by atoms with E-state index in [1.54, 1.807) is 11.1 Å². The van der Waals surface area contributed by atoms with Crippen LogP contribution >= 0.6 is 0 Å². The molecule has 94 valence electrons. The molecule has 1 aromatic carbocycles. The van der Waals surface area contributed by atoms with Crippen molar-refractivity contribution in [1.82, 2.24) is 10.2 Å². The second-order valence-corrected chi connectivity index (χ2v) is 5.05. The molecule has 1 aromatic rings. The topological polar surface area (TPSA) is 15.3 Å². The monoisotopic (exact) mass is 232 g/mol. The molecule has 0 spiro atoms. The molecule has 0 fully saturated rings. The molecule has 1 atom stereocenters. The third-order valence-electron chi connectivity index (χ3n) is 3.89. The van der Waals surface area contributed by atoms with Gasteiger partial charge in [-0.25, -0.2) is 0 Å². The summed E-state index contributed by atoms with van der Waals surface area (Å²) < 4.78 is 0. The quantitative estimate of drug-likeness (QED) is 0.855. The molecular formula is C15H24N2. The van der Waals surface area contributed by atoms with E-state index >= 15 is 0 Å². The maximum atomic E-state index is 3.24. The molecule has 17 heavy (non-hydrogen) atoms. The van der Waals surface area contributed by atoms with Crippen molar-refractivity contribution in [3.8, 4) is 0 Å². The molecule has 2 heteroatoms. The third-order valence-corrected chi connectivity index (χ3v) is 3.89. The molecule has 0 radical (unpaired) electrons. The normalized spacial score (nSPS) is 18.5. The Kier molecular flexibility index (Phi) is 4.57. The first-order valence-electron chi connectivity index (χ1n) is 6.76. The van der Waals surface area contributed by atoms with Crippen molar-refractivity contribution in [1.29, 1.82) is 0 Å². The Morgan fingerprint density at radius 1 is 1.18 bits per heavy atom. The van der Waals surface area contributed by atoms with E-state index in [2.05, 4.69) is 41.4 Å². The van der Waals surface area contributed by atoms with E-state index in [4.69, 9.17) is 0 Å². The average Bonchev–Trinajstić information content (AvgIpc) is 2.58. The lowest BCUT2D eigenvalue weighted by Gasteiger charge is -2.27. The smallest absolute Gasteiger partial charge is 0.00792 e. The van der Waals surface area contributed by atoms with Gasteiger partial charge in [-0.3, -0.25) is 4.90 Å². The van der Waals surface area contributed by atoms with E-state index in [1.807, 2.05) is 7.05 Å². The number of hydrogen-bond donors (Lipinski definition) is 1. The maximum Gasteiger partial charge on any atom is 0.00792 e. The highest BCUT2D eigenvalue weighted by atomic mass is 15.1. The lowest BCUT2D eigenvalue weighted by atomic mass is 10.0. The maximum absolute atomic E-state index is 3.24. The summed E-state index contributed by atoms with van der Waals surface area (Å²) in [5.41, 5.74) is 3.10. The molecule has 0 amide bonds. The molecular weight excluding hydrogens is 208 g/mol. The highest BCUT2D eigenvalue weighted by molar-refractivity contribution is 5.28. The fraction of sp³-hybridized carbons (Fsp3) is 0.600. The molecule has 0 saturated carbocycles. The predicted molar refractivity (Wildman–Crippen MR) is 73.4 cm³/mol. The van der Waals surface area contributed by atoms with Gasteiger partial charge in [0.15, 0.2) is 0 Å². The van der Waals surface area contributed by atoms with Crippen LogP contribution in [0.4, 0.5) is 0 Å². The Balaban J connectivity index is 1.94. The number of rotatable bonds is 4. The van der Waals surface area contributed by atoms with Gasteiger partial charge < -0.3 is 5.32 Å². The van der Waals surface area contributed by atoms with E-state index in [9.17, 15) is 0 Å². The van der Waals surface area contributed by atoms with Gasteiger partial charge in [0.1, 0.15) is 0 Å². The molecule has 0 saturated heterocycles. The van der Waals surface area contributed by atoms with Crippen molar-refractivity contribution in [2.24, 2.45) is 0 Å². The van der Waals surface area contributed by atoms with Gasteiger partial charge in [-0.15, -0.1) is 0 Å². The van der Waals surface area contributed by atoms with E-state index in [-0.39, 0.29) is 0 Å². The summed E-state index contributed by atoms with van der Waals surface area (Å²) in [6, 6.07) is 9.60. The van der Waals surface area contributed by atoms with E-state index in [1.165, 1.54) is 32.4 Å². The van der Waals surface area contributed by atoms with Crippen LogP contribution in [-0.4, -0.2) is 37.6 Å².